The SMILES string of the molecule is CCOC(=O)C=CC=Cc1cccc(N)c1O. The highest BCUT2D eigenvalue weighted by atomic mass is 16.5. The summed E-state index contributed by atoms with van der Waals surface area (Å²) in [7, 11) is 0. The Bertz CT molecular complexity index is 450. The Morgan fingerprint density at radius 2 is 2.24 bits per heavy atom. The van der Waals surface area contributed by atoms with Gasteiger partial charge in [0.1, 0.15) is 5.75 Å². The van der Waals surface area contributed by atoms with Gasteiger partial charge in [0.2, 0.25) is 0 Å². The van der Waals surface area contributed by atoms with Crippen molar-refractivity contribution < 1.29 is 14.6 Å². The number of benzene rings is 1. The normalized spacial score (nSPS) is 11.1. The zero-order chi connectivity index (χ0) is 12.7. The van der Waals surface area contributed by atoms with Gasteiger partial charge in [0, 0.05) is 11.6 Å². The van der Waals surface area contributed by atoms with Crippen molar-refractivity contribution in [3.05, 3.63) is 42.0 Å². The second-order valence-corrected chi connectivity index (χ2v) is 3.26. The second kappa shape index (κ2) is 6.37. The topological polar surface area (TPSA) is 72.5 Å². The molecule has 0 saturated heterocycles. The first kappa shape index (κ1) is 12.8. The van der Waals surface area contributed by atoms with E-state index in [2.05, 4.69) is 0 Å². The van der Waals surface area contributed by atoms with Crippen LogP contribution in [0.2, 0.25) is 0 Å². The van der Waals surface area contributed by atoms with Gasteiger partial charge in [-0.2, -0.15) is 0 Å². The van der Waals surface area contributed by atoms with E-state index >= 15 is 0 Å². The average Bonchev–Trinajstić information content (AvgIpc) is 2.30. The molecular weight excluding hydrogens is 218 g/mol. The van der Waals surface area contributed by atoms with Crippen molar-refractivity contribution in [1.29, 1.82) is 0 Å². The summed E-state index contributed by atoms with van der Waals surface area (Å²) in [5, 5.41) is 9.60. The van der Waals surface area contributed by atoms with Crippen molar-refractivity contribution in [2.75, 3.05) is 12.3 Å². The lowest BCUT2D eigenvalue weighted by Crippen LogP contribution is -1.98. The fourth-order valence-electron chi connectivity index (χ4n) is 1.20. The van der Waals surface area contributed by atoms with Gasteiger partial charge in [-0.25, -0.2) is 4.79 Å². The molecule has 0 amide bonds. The molecular formula is C13H15NO3. The molecule has 1 aromatic carbocycles. The molecule has 0 aliphatic rings. The maximum absolute atomic E-state index is 11.0. The Balaban J connectivity index is 2.65. The van der Waals surface area contributed by atoms with Crippen LogP contribution in [0.25, 0.3) is 6.08 Å². The van der Waals surface area contributed by atoms with E-state index in [4.69, 9.17) is 10.5 Å². The van der Waals surface area contributed by atoms with Gasteiger partial charge in [-0.15, -0.1) is 0 Å². The molecule has 0 aliphatic carbocycles. The fourth-order valence-corrected chi connectivity index (χ4v) is 1.20. The minimum atomic E-state index is -0.394. The van der Waals surface area contributed by atoms with E-state index in [9.17, 15) is 9.90 Å². The summed E-state index contributed by atoms with van der Waals surface area (Å²) in [6.07, 6.45) is 6.14. The Labute approximate surface area is 100 Å². The van der Waals surface area contributed by atoms with Gasteiger partial charge in [-0.05, 0) is 13.0 Å². The number of nitrogens with two attached hydrogens (primary N) is 1. The highest BCUT2D eigenvalue weighted by Gasteiger charge is 1.99. The lowest BCUT2D eigenvalue weighted by atomic mass is 10.1. The minimum Gasteiger partial charge on any atom is -0.505 e. The van der Waals surface area contributed by atoms with Crippen molar-refractivity contribution in [1.82, 2.24) is 0 Å². The Morgan fingerprint density at radius 3 is 2.94 bits per heavy atom. The molecule has 1 aromatic rings. The van der Waals surface area contributed by atoms with Gasteiger partial charge in [-0.1, -0.05) is 30.4 Å². The molecule has 0 saturated carbocycles. The molecule has 0 bridgehead atoms. The number of para-hydroxylation sites is 1. The summed E-state index contributed by atoms with van der Waals surface area (Å²) < 4.78 is 4.71. The summed E-state index contributed by atoms with van der Waals surface area (Å²) >= 11 is 0. The number of allylic oxidation sites excluding steroid dienone is 2. The number of hydrogen-bond acceptors (Lipinski definition) is 4. The number of nitrogen functional groups attached to an aromatic ring is 1. The largest absolute Gasteiger partial charge is 0.505 e. The molecule has 0 spiro atoms. The molecule has 0 aliphatic heterocycles. The van der Waals surface area contributed by atoms with Gasteiger partial charge in [-0.3, -0.25) is 0 Å². The van der Waals surface area contributed by atoms with Gasteiger partial charge in [0.15, 0.2) is 0 Å². The van der Waals surface area contributed by atoms with Crippen LogP contribution in [0, 0.1) is 0 Å². The van der Waals surface area contributed by atoms with E-state index in [-0.39, 0.29) is 5.75 Å². The number of anilines is 1. The summed E-state index contributed by atoms with van der Waals surface area (Å²) in [5.74, 6) is -0.359. The van der Waals surface area contributed by atoms with E-state index in [0.29, 0.717) is 17.9 Å². The van der Waals surface area contributed by atoms with Crippen molar-refractivity contribution in [2.24, 2.45) is 0 Å². The first-order chi connectivity index (χ1) is 8.15. The first-order valence-electron chi connectivity index (χ1n) is 5.24. The van der Waals surface area contributed by atoms with Gasteiger partial charge < -0.3 is 15.6 Å². The molecule has 4 heteroatoms. The van der Waals surface area contributed by atoms with Crippen LogP contribution in [-0.4, -0.2) is 17.7 Å². The van der Waals surface area contributed by atoms with Gasteiger partial charge in [0.25, 0.3) is 0 Å². The predicted molar refractivity (Wildman–Crippen MR) is 67.3 cm³/mol. The van der Waals surface area contributed by atoms with E-state index in [1.807, 2.05) is 0 Å². The van der Waals surface area contributed by atoms with Crippen molar-refractivity contribution in [2.45, 2.75) is 6.92 Å². The van der Waals surface area contributed by atoms with E-state index in [0.717, 1.165) is 0 Å². The van der Waals surface area contributed by atoms with Crippen LogP contribution in [0.15, 0.2) is 36.4 Å². The molecule has 3 N–H and O–H groups in total. The number of carbonyl (C=O) groups is 1. The zero-order valence-corrected chi connectivity index (χ0v) is 9.59. The maximum atomic E-state index is 11.0. The van der Waals surface area contributed by atoms with Crippen molar-refractivity contribution in [3.8, 4) is 5.75 Å². The highest BCUT2D eigenvalue weighted by Crippen LogP contribution is 2.25. The number of esters is 1. The fraction of sp³-hybridized carbons (Fsp3) is 0.154. The van der Waals surface area contributed by atoms with Crippen LogP contribution in [-0.2, 0) is 9.53 Å². The quantitative estimate of drug-likeness (QED) is 0.274. The van der Waals surface area contributed by atoms with Crippen LogP contribution < -0.4 is 5.73 Å². The van der Waals surface area contributed by atoms with Crippen LogP contribution in [0.1, 0.15) is 12.5 Å². The molecule has 0 radical (unpaired) electrons. The van der Waals surface area contributed by atoms with Crippen molar-refractivity contribution >= 4 is 17.7 Å². The summed E-state index contributed by atoms with van der Waals surface area (Å²) in [6, 6.07) is 5.07. The number of rotatable bonds is 4. The van der Waals surface area contributed by atoms with Crippen LogP contribution in [0.3, 0.4) is 0 Å². The summed E-state index contributed by atoms with van der Waals surface area (Å²) in [5.41, 5.74) is 6.45. The van der Waals surface area contributed by atoms with E-state index in [1.54, 1.807) is 43.4 Å². The monoisotopic (exact) mass is 233 g/mol. The maximum Gasteiger partial charge on any atom is 0.330 e. The van der Waals surface area contributed by atoms with Crippen LogP contribution in [0.4, 0.5) is 5.69 Å². The molecule has 0 unspecified atom stereocenters. The molecule has 0 aromatic heterocycles. The molecule has 17 heavy (non-hydrogen) atoms. The number of phenols is 1. The lowest BCUT2D eigenvalue weighted by Gasteiger charge is -2.00. The Kier molecular flexibility index (Phi) is 4.81. The Hall–Kier alpha value is -2.23. The zero-order valence-electron chi connectivity index (χ0n) is 9.59. The Morgan fingerprint density at radius 1 is 1.47 bits per heavy atom. The molecule has 0 heterocycles. The summed E-state index contributed by atoms with van der Waals surface area (Å²) in [4.78, 5) is 11.0. The third-order valence-electron chi connectivity index (χ3n) is 2.00. The molecule has 4 nitrogen and oxygen atoms in total. The van der Waals surface area contributed by atoms with Gasteiger partial charge >= 0.3 is 5.97 Å². The number of aromatic hydroxyl groups is 1. The predicted octanol–water partition coefficient (Wildman–Crippen LogP) is 2.11. The number of phenolic OH excluding ortho intramolecular Hbond substituents is 1. The molecule has 0 atom stereocenters. The second-order valence-electron chi connectivity index (χ2n) is 3.26. The number of ether oxygens (including phenoxy) is 1. The number of carbonyl (C=O) groups excluding carboxylic acids is 1. The van der Waals surface area contributed by atoms with E-state index < -0.39 is 5.97 Å². The average molecular weight is 233 g/mol. The summed E-state index contributed by atoms with van der Waals surface area (Å²) in [6.45, 7) is 2.09. The molecule has 1 rings (SSSR count). The van der Waals surface area contributed by atoms with Crippen LogP contribution in [0.5, 0.6) is 5.75 Å². The first-order valence-corrected chi connectivity index (χ1v) is 5.24. The standard InChI is InChI=1S/C13H15NO3/c1-2-17-12(15)9-4-3-6-10-7-5-8-11(14)13(10)16/h3-9,16H,2,14H2,1H3. The molecule has 90 valence electrons. The van der Waals surface area contributed by atoms with Gasteiger partial charge in [0.05, 0.1) is 12.3 Å². The number of hydrogen-bond donors (Lipinski definition) is 2. The van der Waals surface area contributed by atoms with Crippen molar-refractivity contribution in [3.63, 3.8) is 0 Å². The third kappa shape index (κ3) is 4.03. The third-order valence-corrected chi connectivity index (χ3v) is 2.00. The van der Waals surface area contributed by atoms with E-state index in [1.165, 1.54) is 6.08 Å². The van der Waals surface area contributed by atoms with Crippen LogP contribution >= 0.6 is 0 Å². The highest BCUT2D eigenvalue weighted by molar-refractivity contribution is 5.82. The minimum absolute atomic E-state index is 0.0354. The lowest BCUT2D eigenvalue weighted by molar-refractivity contribution is -0.137. The molecule has 0 fully saturated rings. The smallest absolute Gasteiger partial charge is 0.330 e.